The summed E-state index contributed by atoms with van der Waals surface area (Å²) < 4.78 is 19.3. The van der Waals surface area contributed by atoms with Gasteiger partial charge in [-0.25, -0.2) is 9.18 Å². The number of ether oxygens (including phenoxy) is 1. The maximum absolute atomic E-state index is 13.9. The second kappa shape index (κ2) is 5.59. The van der Waals surface area contributed by atoms with Gasteiger partial charge in [-0.3, -0.25) is 9.69 Å². The number of amides is 2. The summed E-state index contributed by atoms with van der Waals surface area (Å²) in [5.74, 6) is -1.14. The van der Waals surface area contributed by atoms with E-state index in [2.05, 4.69) is 5.32 Å². The van der Waals surface area contributed by atoms with Crippen LogP contribution in [0.4, 0.5) is 20.6 Å². The van der Waals surface area contributed by atoms with Crippen molar-refractivity contribution in [2.24, 2.45) is 0 Å². The van der Waals surface area contributed by atoms with Gasteiger partial charge in [-0.15, -0.1) is 0 Å². The van der Waals surface area contributed by atoms with Crippen LogP contribution in [-0.4, -0.2) is 24.1 Å². The van der Waals surface area contributed by atoms with Gasteiger partial charge in [0.15, 0.2) is 0 Å². The molecule has 1 unspecified atom stereocenters. The van der Waals surface area contributed by atoms with Crippen LogP contribution in [-0.2, 0) is 9.53 Å². The summed E-state index contributed by atoms with van der Waals surface area (Å²) in [6, 6.07) is 2.56. The van der Waals surface area contributed by atoms with Gasteiger partial charge in [-0.1, -0.05) is 0 Å². The van der Waals surface area contributed by atoms with Gasteiger partial charge in [0, 0.05) is 6.54 Å². The summed E-state index contributed by atoms with van der Waals surface area (Å²) in [4.78, 5) is 25.5. The van der Waals surface area contributed by atoms with Crippen molar-refractivity contribution < 1.29 is 18.7 Å². The Labute approximate surface area is 129 Å². The molecule has 1 aliphatic heterocycles. The lowest BCUT2D eigenvalue weighted by molar-refractivity contribution is -0.116. The van der Waals surface area contributed by atoms with E-state index in [4.69, 9.17) is 4.74 Å². The monoisotopic (exact) mass is 308 g/mol. The van der Waals surface area contributed by atoms with Crippen LogP contribution in [0, 0.1) is 5.82 Å². The molecule has 0 saturated carbocycles. The largest absolute Gasteiger partial charge is 0.443 e. The van der Waals surface area contributed by atoms with E-state index in [-0.39, 0.29) is 5.91 Å². The van der Waals surface area contributed by atoms with Gasteiger partial charge in [-0.2, -0.15) is 0 Å². The topological polar surface area (TPSA) is 58.6 Å². The first-order valence-corrected chi connectivity index (χ1v) is 7.29. The second-order valence-corrected chi connectivity index (χ2v) is 6.32. The summed E-state index contributed by atoms with van der Waals surface area (Å²) >= 11 is 0. The molecule has 5 nitrogen and oxygen atoms in total. The van der Waals surface area contributed by atoms with Crippen molar-refractivity contribution >= 4 is 23.4 Å². The number of nitrogens with one attached hydrogen (secondary N) is 1. The Morgan fingerprint density at radius 1 is 1.41 bits per heavy atom. The molecule has 0 saturated heterocycles. The molecule has 2 rings (SSSR count). The van der Waals surface area contributed by atoms with E-state index in [1.54, 1.807) is 34.6 Å². The van der Waals surface area contributed by atoms with Gasteiger partial charge in [-0.05, 0) is 52.3 Å². The summed E-state index contributed by atoms with van der Waals surface area (Å²) in [6.45, 7) is 9.06. The van der Waals surface area contributed by atoms with E-state index < -0.39 is 23.4 Å². The molecular weight excluding hydrogens is 287 g/mol. The van der Waals surface area contributed by atoms with Gasteiger partial charge in [0.2, 0.25) is 5.91 Å². The quantitative estimate of drug-likeness (QED) is 0.907. The number of carbonyl (C=O) groups excluding carboxylic acids is 2. The standard InChI is InChI=1S/C16H21FN2O3/c1-6-19(15(21)22-16(3,4)5)12-8-10(17)7-11-9(2)14(20)18-13(11)12/h7-9H,6H2,1-5H3,(H,18,20). The molecule has 1 aromatic carbocycles. The Morgan fingerprint density at radius 2 is 2.05 bits per heavy atom. The second-order valence-electron chi connectivity index (χ2n) is 6.32. The molecule has 0 bridgehead atoms. The predicted molar refractivity (Wildman–Crippen MR) is 82.7 cm³/mol. The molecule has 22 heavy (non-hydrogen) atoms. The van der Waals surface area contributed by atoms with Gasteiger partial charge in [0.05, 0.1) is 17.3 Å². The van der Waals surface area contributed by atoms with Crippen LogP contribution in [0.25, 0.3) is 0 Å². The first kappa shape index (κ1) is 16.3. The Hall–Kier alpha value is -2.11. The highest BCUT2D eigenvalue weighted by Gasteiger charge is 2.33. The van der Waals surface area contributed by atoms with Gasteiger partial charge in [0.1, 0.15) is 11.4 Å². The van der Waals surface area contributed by atoms with Crippen LogP contribution in [0.3, 0.4) is 0 Å². The third-order valence-electron chi connectivity index (χ3n) is 3.44. The highest BCUT2D eigenvalue weighted by molar-refractivity contribution is 6.08. The maximum atomic E-state index is 13.9. The summed E-state index contributed by atoms with van der Waals surface area (Å²) in [5.41, 5.74) is 0.704. The molecule has 1 aromatic rings. The van der Waals surface area contributed by atoms with Crippen molar-refractivity contribution in [3.05, 3.63) is 23.5 Å². The van der Waals surface area contributed by atoms with Crippen LogP contribution in [0.1, 0.15) is 46.1 Å². The number of hydrogen-bond donors (Lipinski definition) is 1. The van der Waals surface area contributed by atoms with Crippen LogP contribution >= 0.6 is 0 Å². The lowest BCUT2D eigenvalue weighted by atomic mass is 10.0. The minimum atomic E-state index is -0.655. The molecule has 0 aliphatic carbocycles. The first-order valence-electron chi connectivity index (χ1n) is 7.29. The Balaban J connectivity index is 2.45. The average molecular weight is 308 g/mol. The van der Waals surface area contributed by atoms with Crippen molar-refractivity contribution in [1.29, 1.82) is 0 Å². The number of fused-ring (bicyclic) bond motifs is 1. The fraction of sp³-hybridized carbons (Fsp3) is 0.500. The lowest BCUT2D eigenvalue weighted by Gasteiger charge is -2.27. The van der Waals surface area contributed by atoms with E-state index in [1.807, 2.05) is 0 Å². The van der Waals surface area contributed by atoms with E-state index in [9.17, 15) is 14.0 Å². The van der Waals surface area contributed by atoms with Crippen LogP contribution in [0.5, 0.6) is 0 Å². The zero-order chi connectivity index (χ0) is 16.7. The zero-order valence-corrected chi connectivity index (χ0v) is 13.5. The van der Waals surface area contributed by atoms with Crippen molar-refractivity contribution in [1.82, 2.24) is 0 Å². The van der Waals surface area contributed by atoms with E-state index in [0.29, 0.717) is 23.5 Å². The molecule has 2 amide bonds. The number of rotatable bonds is 2. The SMILES string of the molecule is CCN(C(=O)OC(C)(C)C)c1cc(F)cc2c1NC(=O)C2C. The molecule has 6 heteroatoms. The van der Waals surface area contributed by atoms with Crippen LogP contribution < -0.4 is 10.2 Å². The molecule has 0 fully saturated rings. The average Bonchev–Trinajstić information content (AvgIpc) is 2.65. The van der Waals surface area contributed by atoms with E-state index >= 15 is 0 Å². The third-order valence-corrected chi connectivity index (χ3v) is 3.44. The van der Waals surface area contributed by atoms with E-state index in [1.165, 1.54) is 17.0 Å². The normalized spacial score (nSPS) is 17.0. The van der Waals surface area contributed by atoms with Crippen molar-refractivity contribution in [2.45, 2.75) is 46.1 Å². The number of benzene rings is 1. The summed E-state index contributed by atoms with van der Waals surface area (Å²) in [5, 5.41) is 2.72. The smallest absolute Gasteiger partial charge is 0.414 e. The first-order chi connectivity index (χ1) is 10.1. The predicted octanol–water partition coefficient (Wildman–Crippen LogP) is 3.64. The van der Waals surface area contributed by atoms with Crippen LogP contribution in [0.2, 0.25) is 0 Å². The van der Waals surface area contributed by atoms with Gasteiger partial charge < -0.3 is 10.1 Å². The highest BCUT2D eigenvalue weighted by atomic mass is 19.1. The molecule has 120 valence electrons. The molecule has 1 aliphatic rings. The molecule has 1 heterocycles. The minimum Gasteiger partial charge on any atom is -0.443 e. The third kappa shape index (κ3) is 3.05. The summed E-state index contributed by atoms with van der Waals surface area (Å²) in [7, 11) is 0. The minimum absolute atomic E-state index is 0.206. The Bertz CT molecular complexity index is 623. The summed E-state index contributed by atoms with van der Waals surface area (Å²) in [6.07, 6.45) is -0.573. The molecule has 1 atom stereocenters. The lowest BCUT2D eigenvalue weighted by Crippen LogP contribution is -2.37. The zero-order valence-electron chi connectivity index (χ0n) is 13.5. The molecule has 0 spiro atoms. The molecule has 1 N–H and O–H groups in total. The number of hydrogen-bond acceptors (Lipinski definition) is 3. The number of anilines is 2. The van der Waals surface area contributed by atoms with Crippen LogP contribution in [0.15, 0.2) is 12.1 Å². The van der Waals surface area contributed by atoms with E-state index in [0.717, 1.165) is 0 Å². The molecule has 0 aromatic heterocycles. The number of halogens is 1. The Kier molecular flexibility index (Phi) is 4.13. The van der Waals surface area contributed by atoms with Gasteiger partial charge >= 0.3 is 6.09 Å². The van der Waals surface area contributed by atoms with Gasteiger partial charge in [0.25, 0.3) is 0 Å². The fourth-order valence-electron chi connectivity index (χ4n) is 2.39. The van der Waals surface area contributed by atoms with Crippen molar-refractivity contribution in [3.8, 4) is 0 Å². The molecule has 0 radical (unpaired) electrons. The Morgan fingerprint density at radius 3 is 2.59 bits per heavy atom. The van der Waals surface area contributed by atoms with Crippen molar-refractivity contribution in [3.63, 3.8) is 0 Å². The fourth-order valence-corrected chi connectivity index (χ4v) is 2.39. The van der Waals surface area contributed by atoms with Crippen molar-refractivity contribution in [2.75, 3.05) is 16.8 Å². The highest BCUT2D eigenvalue weighted by Crippen LogP contribution is 2.40. The molecular formula is C16H21FN2O3. The maximum Gasteiger partial charge on any atom is 0.414 e. The number of nitrogens with zero attached hydrogens (tertiary/aromatic N) is 1. The number of carbonyl (C=O) groups is 2.